The quantitative estimate of drug-likeness (QED) is 0.873. The van der Waals surface area contributed by atoms with Crippen molar-refractivity contribution in [2.75, 3.05) is 18.0 Å². The minimum atomic E-state index is -0.210. The van der Waals surface area contributed by atoms with E-state index in [1.54, 1.807) is 0 Å². The van der Waals surface area contributed by atoms with Crippen molar-refractivity contribution >= 4 is 5.69 Å². The van der Waals surface area contributed by atoms with Gasteiger partial charge in [-0.3, -0.25) is 4.68 Å². The number of hydrogen-bond donors (Lipinski definition) is 1. The van der Waals surface area contributed by atoms with Gasteiger partial charge in [-0.25, -0.2) is 0 Å². The molecule has 1 aromatic rings. The van der Waals surface area contributed by atoms with Crippen molar-refractivity contribution in [3.05, 3.63) is 12.4 Å². The number of aliphatic hydroxyl groups is 1. The second kappa shape index (κ2) is 4.92. The molecule has 2 heterocycles. The van der Waals surface area contributed by atoms with E-state index in [-0.39, 0.29) is 12.1 Å². The number of rotatable bonds is 2. The van der Waals surface area contributed by atoms with Crippen molar-refractivity contribution in [3.63, 3.8) is 0 Å². The third kappa shape index (κ3) is 2.26. The van der Waals surface area contributed by atoms with E-state index in [1.165, 1.54) is 18.5 Å². The van der Waals surface area contributed by atoms with Crippen molar-refractivity contribution < 1.29 is 5.11 Å². The molecule has 18 heavy (non-hydrogen) atoms. The van der Waals surface area contributed by atoms with Gasteiger partial charge in [-0.1, -0.05) is 6.92 Å². The highest BCUT2D eigenvalue weighted by atomic mass is 16.3. The zero-order valence-electron chi connectivity index (χ0n) is 11.1. The van der Waals surface area contributed by atoms with Gasteiger partial charge in [0.15, 0.2) is 0 Å². The lowest BCUT2D eigenvalue weighted by Crippen LogP contribution is -2.33. The van der Waals surface area contributed by atoms with Crippen molar-refractivity contribution in [1.82, 2.24) is 9.78 Å². The summed E-state index contributed by atoms with van der Waals surface area (Å²) < 4.78 is 1.98. The Morgan fingerprint density at radius 2 is 2.17 bits per heavy atom. The Morgan fingerprint density at radius 1 is 1.28 bits per heavy atom. The fourth-order valence-corrected chi connectivity index (χ4v) is 3.33. The van der Waals surface area contributed by atoms with E-state index in [0.29, 0.717) is 0 Å². The first-order valence-electron chi connectivity index (χ1n) is 7.21. The molecule has 0 aromatic carbocycles. The number of anilines is 1. The fourth-order valence-electron chi connectivity index (χ4n) is 3.33. The van der Waals surface area contributed by atoms with Crippen LogP contribution in [0, 0.1) is 5.92 Å². The average molecular weight is 249 g/mol. The molecular weight excluding hydrogens is 226 g/mol. The maximum Gasteiger partial charge on any atom is 0.0779 e. The molecule has 0 radical (unpaired) electrons. The average Bonchev–Trinajstić information content (AvgIpc) is 2.97. The molecule has 3 atom stereocenters. The number of piperidine rings is 1. The van der Waals surface area contributed by atoms with Gasteiger partial charge in [0, 0.05) is 19.3 Å². The molecule has 1 saturated heterocycles. The topological polar surface area (TPSA) is 41.3 Å². The first-order valence-corrected chi connectivity index (χ1v) is 7.21. The highest BCUT2D eigenvalue weighted by Gasteiger charge is 2.28. The first-order chi connectivity index (χ1) is 8.74. The van der Waals surface area contributed by atoms with E-state index in [9.17, 15) is 5.11 Å². The largest absolute Gasteiger partial charge is 0.391 e. The maximum atomic E-state index is 9.93. The SMILES string of the molecule is C[C@@H]1CCCN(c2cnn([C@H]3CCC[C@@H]3O)c2)C1. The van der Waals surface area contributed by atoms with Gasteiger partial charge in [0.1, 0.15) is 0 Å². The third-order valence-electron chi connectivity index (χ3n) is 4.39. The van der Waals surface area contributed by atoms with E-state index in [2.05, 4.69) is 23.1 Å². The van der Waals surface area contributed by atoms with Gasteiger partial charge in [0.05, 0.1) is 24.0 Å². The molecule has 1 aliphatic heterocycles. The minimum absolute atomic E-state index is 0.195. The van der Waals surface area contributed by atoms with Gasteiger partial charge in [-0.15, -0.1) is 0 Å². The monoisotopic (exact) mass is 249 g/mol. The lowest BCUT2D eigenvalue weighted by molar-refractivity contribution is 0.130. The molecule has 1 N–H and O–H groups in total. The molecule has 4 heteroatoms. The van der Waals surface area contributed by atoms with Crippen LogP contribution in [0.5, 0.6) is 0 Å². The van der Waals surface area contributed by atoms with Crippen LogP contribution in [-0.2, 0) is 0 Å². The molecule has 2 aliphatic rings. The molecule has 4 nitrogen and oxygen atoms in total. The van der Waals surface area contributed by atoms with Gasteiger partial charge in [0.2, 0.25) is 0 Å². The van der Waals surface area contributed by atoms with Crippen LogP contribution in [-0.4, -0.2) is 34.1 Å². The number of aliphatic hydroxyl groups excluding tert-OH is 1. The minimum Gasteiger partial charge on any atom is -0.391 e. The number of nitrogens with zero attached hydrogens (tertiary/aromatic N) is 3. The second-order valence-electron chi connectivity index (χ2n) is 5.94. The predicted octanol–water partition coefficient (Wildman–Crippen LogP) is 2.21. The van der Waals surface area contributed by atoms with Crippen LogP contribution in [0.3, 0.4) is 0 Å². The van der Waals surface area contributed by atoms with Gasteiger partial charge in [-0.05, 0) is 38.0 Å². The molecule has 2 fully saturated rings. The van der Waals surface area contributed by atoms with Crippen molar-refractivity contribution in [2.45, 2.75) is 51.2 Å². The molecule has 0 unspecified atom stereocenters. The van der Waals surface area contributed by atoms with Crippen molar-refractivity contribution in [3.8, 4) is 0 Å². The normalized spacial score (nSPS) is 33.0. The first kappa shape index (κ1) is 12.0. The van der Waals surface area contributed by atoms with Crippen LogP contribution >= 0.6 is 0 Å². The molecule has 100 valence electrons. The van der Waals surface area contributed by atoms with Gasteiger partial charge < -0.3 is 10.0 Å². The van der Waals surface area contributed by atoms with E-state index in [4.69, 9.17) is 0 Å². The Bertz CT molecular complexity index is 403. The molecule has 1 saturated carbocycles. The van der Waals surface area contributed by atoms with Crippen molar-refractivity contribution in [1.29, 1.82) is 0 Å². The highest BCUT2D eigenvalue weighted by Crippen LogP contribution is 2.31. The lowest BCUT2D eigenvalue weighted by atomic mass is 10.0. The third-order valence-corrected chi connectivity index (χ3v) is 4.39. The van der Waals surface area contributed by atoms with E-state index < -0.39 is 0 Å². The molecule has 1 aliphatic carbocycles. The second-order valence-corrected chi connectivity index (χ2v) is 5.94. The summed E-state index contributed by atoms with van der Waals surface area (Å²) in [7, 11) is 0. The number of hydrogen-bond acceptors (Lipinski definition) is 3. The highest BCUT2D eigenvalue weighted by molar-refractivity contribution is 5.42. The molecule has 1 aromatic heterocycles. The summed E-state index contributed by atoms with van der Waals surface area (Å²) in [6.07, 6.45) is 9.57. The Labute approximate surface area is 109 Å². The Kier molecular flexibility index (Phi) is 3.29. The molecule has 3 rings (SSSR count). The zero-order valence-corrected chi connectivity index (χ0v) is 11.1. The van der Waals surface area contributed by atoms with Crippen LogP contribution in [0.4, 0.5) is 5.69 Å². The Balaban J connectivity index is 1.72. The van der Waals surface area contributed by atoms with Gasteiger partial charge in [0.25, 0.3) is 0 Å². The van der Waals surface area contributed by atoms with Crippen LogP contribution < -0.4 is 4.90 Å². The van der Waals surface area contributed by atoms with Crippen LogP contribution in [0.1, 0.15) is 45.1 Å². The van der Waals surface area contributed by atoms with Crippen LogP contribution in [0.15, 0.2) is 12.4 Å². The van der Waals surface area contributed by atoms with Crippen LogP contribution in [0.25, 0.3) is 0 Å². The Hall–Kier alpha value is -1.03. The number of aromatic nitrogens is 2. The maximum absolute atomic E-state index is 9.93. The van der Waals surface area contributed by atoms with Crippen molar-refractivity contribution in [2.24, 2.45) is 5.92 Å². The predicted molar refractivity (Wildman–Crippen MR) is 71.7 cm³/mol. The van der Waals surface area contributed by atoms with Gasteiger partial charge >= 0.3 is 0 Å². The fraction of sp³-hybridized carbons (Fsp3) is 0.786. The molecule has 0 spiro atoms. The van der Waals surface area contributed by atoms with E-state index in [0.717, 1.165) is 38.3 Å². The van der Waals surface area contributed by atoms with E-state index in [1.807, 2.05) is 10.9 Å². The van der Waals surface area contributed by atoms with Gasteiger partial charge in [-0.2, -0.15) is 5.10 Å². The molecule has 0 amide bonds. The summed E-state index contributed by atoms with van der Waals surface area (Å²) in [6, 6.07) is 0.195. The summed E-state index contributed by atoms with van der Waals surface area (Å²) >= 11 is 0. The summed E-state index contributed by atoms with van der Waals surface area (Å²) in [5, 5.41) is 14.4. The summed E-state index contributed by atoms with van der Waals surface area (Å²) in [4.78, 5) is 2.43. The summed E-state index contributed by atoms with van der Waals surface area (Å²) in [5.41, 5.74) is 1.22. The Morgan fingerprint density at radius 3 is 2.89 bits per heavy atom. The zero-order chi connectivity index (χ0) is 12.5. The standard InChI is InChI=1S/C14H23N3O/c1-11-4-3-7-16(9-11)12-8-15-17(10-12)13-5-2-6-14(13)18/h8,10-11,13-14,18H,2-7,9H2,1H3/t11-,13+,14+/m1/s1. The molecule has 0 bridgehead atoms. The lowest BCUT2D eigenvalue weighted by Gasteiger charge is -2.31. The smallest absolute Gasteiger partial charge is 0.0779 e. The summed E-state index contributed by atoms with van der Waals surface area (Å²) in [5.74, 6) is 0.777. The summed E-state index contributed by atoms with van der Waals surface area (Å²) in [6.45, 7) is 4.60. The molecular formula is C14H23N3O. The van der Waals surface area contributed by atoms with Crippen LogP contribution in [0.2, 0.25) is 0 Å². The van der Waals surface area contributed by atoms with E-state index >= 15 is 0 Å².